The van der Waals surface area contributed by atoms with Gasteiger partial charge in [0.15, 0.2) is 0 Å². The van der Waals surface area contributed by atoms with Gasteiger partial charge >= 0.3 is 0 Å². The van der Waals surface area contributed by atoms with Crippen LogP contribution in [0, 0.1) is 17.2 Å². The molecule has 1 N–H and O–H groups in total. The summed E-state index contributed by atoms with van der Waals surface area (Å²) in [7, 11) is 0. The van der Waals surface area contributed by atoms with Crippen LogP contribution < -0.4 is 0 Å². The van der Waals surface area contributed by atoms with Gasteiger partial charge in [-0.05, 0) is 95.3 Å². The molecular weight excluding hydrogens is 419 g/mol. The fourth-order valence-corrected chi connectivity index (χ4v) is 6.76. The van der Waals surface area contributed by atoms with Gasteiger partial charge in [0.2, 0.25) is 0 Å². The summed E-state index contributed by atoms with van der Waals surface area (Å²) < 4.78 is 16.5. The first kappa shape index (κ1) is 19.9. The van der Waals surface area contributed by atoms with E-state index >= 15 is 0 Å². The number of aromatic nitrogens is 2. The number of fused-ring (bicyclic) bond motifs is 3. The lowest BCUT2D eigenvalue weighted by atomic mass is 9.68. The number of benzene rings is 2. The molecule has 6 rings (SSSR count). The van der Waals surface area contributed by atoms with Crippen molar-refractivity contribution < 1.29 is 9.50 Å². The highest BCUT2D eigenvalue weighted by Crippen LogP contribution is 2.55. The van der Waals surface area contributed by atoms with Crippen molar-refractivity contribution in [3.05, 3.63) is 88.3 Å². The first-order chi connectivity index (χ1) is 15.5. The van der Waals surface area contributed by atoms with E-state index in [0.717, 1.165) is 42.6 Å². The van der Waals surface area contributed by atoms with Crippen LogP contribution in [0.1, 0.15) is 49.1 Å². The van der Waals surface area contributed by atoms with Crippen LogP contribution in [0.25, 0.3) is 21.8 Å². The summed E-state index contributed by atoms with van der Waals surface area (Å²) in [4.78, 5) is 0. The Kier molecular flexibility index (Phi) is 4.60. The van der Waals surface area contributed by atoms with Crippen LogP contribution in [0.15, 0.2) is 65.7 Å². The Morgan fingerprint density at radius 1 is 1.22 bits per heavy atom. The molecule has 1 unspecified atom stereocenters. The predicted molar refractivity (Wildman–Crippen MR) is 127 cm³/mol. The van der Waals surface area contributed by atoms with Crippen LogP contribution in [0.5, 0.6) is 0 Å². The maximum atomic E-state index is 13.4. The molecule has 0 aliphatic heterocycles. The zero-order valence-electron chi connectivity index (χ0n) is 18.0. The monoisotopic (exact) mass is 444 g/mol. The topological polar surface area (TPSA) is 38.0 Å². The Balaban J connectivity index is 1.29. The molecule has 0 spiro atoms. The zero-order valence-corrected chi connectivity index (χ0v) is 18.8. The van der Waals surface area contributed by atoms with E-state index in [4.69, 9.17) is 0 Å². The smallest absolute Gasteiger partial charge is 0.123 e. The summed E-state index contributed by atoms with van der Waals surface area (Å²) >= 11 is 1.71. The molecule has 4 aromatic rings. The number of hydrogen-bond acceptors (Lipinski definition) is 3. The number of thiophene rings is 1. The number of aliphatic hydroxyl groups is 1. The number of aliphatic hydroxyl groups excluding tert-OH is 1. The molecule has 3 atom stereocenters. The molecule has 0 amide bonds. The largest absolute Gasteiger partial charge is 0.388 e. The highest BCUT2D eigenvalue weighted by atomic mass is 32.1. The minimum atomic E-state index is -0.448. The van der Waals surface area contributed by atoms with Gasteiger partial charge < -0.3 is 5.11 Å². The first-order valence-corrected chi connectivity index (χ1v) is 12.1. The third-order valence-corrected chi connectivity index (χ3v) is 8.58. The second-order valence-corrected chi connectivity index (χ2v) is 10.3. The van der Waals surface area contributed by atoms with E-state index in [1.807, 2.05) is 16.9 Å². The van der Waals surface area contributed by atoms with Crippen LogP contribution in [0.2, 0.25) is 0 Å². The minimum absolute atomic E-state index is 0.0382. The van der Waals surface area contributed by atoms with Gasteiger partial charge in [-0.25, -0.2) is 9.07 Å². The van der Waals surface area contributed by atoms with Gasteiger partial charge in [0.1, 0.15) is 5.82 Å². The molecule has 1 fully saturated rings. The molecular formula is C27H25FN2OS. The third kappa shape index (κ3) is 3.06. The molecule has 5 heteroatoms. The Morgan fingerprint density at radius 3 is 2.88 bits per heavy atom. The van der Waals surface area contributed by atoms with Crippen LogP contribution in [0.3, 0.4) is 0 Å². The van der Waals surface area contributed by atoms with Crippen molar-refractivity contribution >= 4 is 27.5 Å². The third-order valence-electron chi connectivity index (χ3n) is 7.60. The van der Waals surface area contributed by atoms with Crippen molar-refractivity contribution in [3.63, 3.8) is 0 Å². The molecule has 32 heavy (non-hydrogen) atoms. The fourth-order valence-electron chi connectivity index (χ4n) is 5.75. The lowest BCUT2D eigenvalue weighted by Gasteiger charge is -2.37. The van der Waals surface area contributed by atoms with Crippen molar-refractivity contribution in [1.29, 1.82) is 0 Å². The molecule has 3 nitrogen and oxygen atoms in total. The van der Waals surface area contributed by atoms with Crippen molar-refractivity contribution in [3.8, 4) is 5.69 Å². The fraction of sp³-hybridized carbons (Fsp3) is 0.296. The highest BCUT2D eigenvalue weighted by molar-refractivity contribution is 7.17. The molecule has 162 valence electrons. The average Bonchev–Trinajstić information content (AvgIpc) is 3.48. The Hall–Kier alpha value is -2.76. The summed E-state index contributed by atoms with van der Waals surface area (Å²) in [6, 6.07) is 14.8. The number of halogens is 1. The number of rotatable bonds is 4. The molecule has 2 aromatic heterocycles. The van der Waals surface area contributed by atoms with Gasteiger partial charge in [-0.3, -0.25) is 0 Å². The maximum Gasteiger partial charge on any atom is 0.123 e. The summed E-state index contributed by atoms with van der Waals surface area (Å²) in [6.45, 7) is 2.35. The maximum absolute atomic E-state index is 13.4. The van der Waals surface area contributed by atoms with Crippen molar-refractivity contribution in [2.45, 2.75) is 38.7 Å². The predicted octanol–water partition coefficient (Wildman–Crippen LogP) is 6.71. The van der Waals surface area contributed by atoms with E-state index in [2.05, 4.69) is 41.7 Å². The van der Waals surface area contributed by atoms with E-state index in [1.54, 1.807) is 23.5 Å². The second-order valence-electron chi connectivity index (χ2n) is 9.38. The van der Waals surface area contributed by atoms with E-state index in [1.165, 1.54) is 33.4 Å². The quantitative estimate of drug-likeness (QED) is 0.380. The molecule has 2 aromatic carbocycles. The van der Waals surface area contributed by atoms with E-state index in [9.17, 15) is 9.50 Å². The molecule has 0 bridgehead atoms. The van der Waals surface area contributed by atoms with Crippen LogP contribution in [-0.2, 0) is 6.42 Å². The minimum Gasteiger partial charge on any atom is -0.388 e. The lowest BCUT2D eigenvalue weighted by molar-refractivity contribution is 0.114. The van der Waals surface area contributed by atoms with Gasteiger partial charge in [-0.2, -0.15) is 5.10 Å². The van der Waals surface area contributed by atoms with E-state index < -0.39 is 6.10 Å². The SMILES string of the molecule is C[C@]12Cc3cnn(-c4ccc(F)cc4)c3C=C1CCC2C[C@@H](O)c1csc2ccccc12. The van der Waals surface area contributed by atoms with E-state index in [-0.39, 0.29) is 11.2 Å². The molecule has 1 saturated carbocycles. The molecule has 0 radical (unpaired) electrons. The summed E-state index contributed by atoms with van der Waals surface area (Å²) in [6.07, 6.45) is 7.64. The van der Waals surface area contributed by atoms with E-state index in [0.29, 0.717) is 5.92 Å². The van der Waals surface area contributed by atoms with Gasteiger partial charge in [0.05, 0.1) is 23.7 Å². The lowest BCUT2D eigenvalue weighted by Crippen LogP contribution is -2.30. The zero-order chi connectivity index (χ0) is 21.9. The second kappa shape index (κ2) is 7.39. The van der Waals surface area contributed by atoms with Crippen molar-refractivity contribution in [1.82, 2.24) is 9.78 Å². The molecule has 2 aliphatic carbocycles. The van der Waals surface area contributed by atoms with Crippen molar-refractivity contribution in [2.75, 3.05) is 0 Å². The Labute approximate surface area is 190 Å². The number of nitrogens with zero attached hydrogens (tertiary/aromatic N) is 2. The van der Waals surface area contributed by atoms with Gasteiger partial charge in [-0.1, -0.05) is 30.7 Å². The molecule has 2 aliphatic rings. The highest BCUT2D eigenvalue weighted by Gasteiger charge is 2.46. The number of hydrogen-bond donors (Lipinski definition) is 1. The average molecular weight is 445 g/mol. The van der Waals surface area contributed by atoms with Gasteiger partial charge in [-0.15, -0.1) is 11.3 Å². The first-order valence-electron chi connectivity index (χ1n) is 11.2. The van der Waals surface area contributed by atoms with Crippen molar-refractivity contribution in [2.24, 2.45) is 11.3 Å². The van der Waals surface area contributed by atoms with Crippen LogP contribution in [0.4, 0.5) is 4.39 Å². The number of allylic oxidation sites excluding steroid dienone is 1. The standard InChI is InChI=1S/C27H25FN2OS/c1-27-14-17-15-29-30(21-10-8-20(28)9-11-21)24(17)12-18(27)6-7-19(27)13-25(31)23-16-32-26-5-3-2-4-22(23)26/h2-5,8-12,15-16,19,25,31H,6-7,13-14H2,1H3/t19?,25-,27+/m1/s1. The molecule has 2 heterocycles. The van der Waals surface area contributed by atoms with Gasteiger partial charge in [0.25, 0.3) is 0 Å². The molecule has 0 saturated heterocycles. The summed E-state index contributed by atoms with van der Waals surface area (Å²) in [5, 5.41) is 19.1. The van der Waals surface area contributed by atoms with Gasteiger partial charge in [0, 0.05) is 4.70 Å². The summed E-state index contributed by atoms with van der Waals surface area (Å²) in [5.41, 5.74) is 5.75. The Morgan fingerprint density at radius 2 is 2.03 bits per heavy atom. The van der Waals surface area contributed by atoms with Crippen LogP contribution >= 0.6 is 11.3 Å². The van der Waals surface area contributed by atoms with Crippen LogP contribution in [-0.4, -0.2) is 14.9 Å². The summed E-state index contributed by atoms with van der Waals surface area (Å²) in [5.74, 6) is 0.182. The Bertz CT molecular complexity index is 1340. The normalized spacial score (nSPS) is 23.1.